The number of rotatable bonds is 6. The van der Waals surface area contributed by atoms with Crippen molar-refractivity contribution >= 4 is 17.9 Å². The van der Waals surface area contributed by atoms with Gasteiger partial charge in [0.15, 0.2) is 0 Å². The van der Waals surface area contributed by atoms with Crippen LogP contribution in [0.15, 0.2) is 59.1 Å². The predicted octanol–water partition coefficient (Wildman–Crippen LogP) is 4.05. The van der Waals surface area contributed by atoms with Crippen molar-refractivity contribution in [3.8, 4) is 11.1 Å². The molecule has 1 heterocycles. The molecule has 0 saturated carbocycles. The van der Waals surface area contributed by atoms with E-state index in [4.69, 9.17) is 14.4 Å². The summed E-state index contributed by atoms with van der Waals surface area (Å²) >= 11 is 0. The van der Waals surface area contributed by atoms with Gasteiger partial charge in [0.05, 0.1) is 12.1 Å². The van der Waals surface area contributed by atoms with Crippen LogP contribution in [0.3, 0.4) is 0 Å². The van der Waals surface area contributed by atoms with Crippen molar-refractivity contribution < 1.29 is 24.0 Å². The van der Waals surface area contributed by atoms with Crippen molar-refractivity contribution in [2.45, 2.75) is 18.8 Å². The number of carbonyl (C=O) groups is 2. The third-order valence-corrected chi connectivity index (χ3v) is 4.72. The Labute approximate surface area is 160 Å². The van der Waals surface area contributed by atoms with E-state index < -0.39 is 12.1 Å². The summed E-state index contributed by atoms with van der Waals surface area (Å²) in [5, 5.41) is 14.9. The van der Waals surface area contributed by atoms with Crippen LogP contribution in [0.5, 0.6) is 0 Å². The average molecular weight is 378 g/mol. The number of aromatic nitrogens is 1. The standard InChI is InChI=1S/C21H18N2O5/c24-20(25)10-9-13-11-19(28-23-13)22-21(26)27-12-18-16-7-3-1-5-14(16)15-6-2-4-8-17(15)18/h1-8,11,18H,9-10,12H2,(H,22,26)(H,24,25). The number of aryl methyl sites for hydroxylation is 1. The lowest BCUT2D eigenvalue weighted by Gasteiger charge is -2.13. The summed E-state index contributed by atoms with van der Waals surface area (Å²) in [5.41, 5.74) is 5.03. The minimum absolute atomic E-state index is 0.0287. The molecule has 3 aromatic rings. The highest BCUT2D eigenvalue weighted by Gasteiger charge is 2.29. The summed E-state index contributed by atoms with van der Waals surface area (Å²) in [6.07, 6.45) is -0.481. The van der Waals surface area contributed by atoms with Crippen LogP contribution < -0.4 is 5.32 Å². The molecule has 2 aromatic carbocycles. The fourth-order valence-corrected chi connectivity index (χ4v) is 3.46. The number of nitrogens with zero attached hydrogens (tertiary/aromatic N) is 1. The number of aliphatic carboxylic acids is 1. The summed E-state index contributed by atoms with van der Waals surface area (Å²) in [7, 11) is 0. The molecule has 7 heteroatoms. The van der Waals surface area contributed by atoms with Crippen molar-refractivity contribution in [2.75, 3.05) is 11.9 Å². The van der Waals surface area contributed by atoms with Gasteiger partial charge < -0.3 is 14.4 Å². The molecule has 142 valence electrons. The van der Waals surface area contributed by atoms with Gasteiger partial charge in [-0.1, -0.05) is 53.7 Å². The quantitative estimate of drug-likeness (QED) is 0.671. The second-order valence-electron chi connectivity index (χ2n) is 6.53. The second kappa shape index (κ2) is 7.56. The van der Waals surface area contributed by atoms with Gasteiger partial charge in [0, 0.05) is 18.4 Å². The molecule has 4 rings (SSSR count). The minimum atomic E-state index is -0.922. The van der Waals surface area contributed by atoms with E-state index in [0.717, 1.165) is 22.3 Å². The maximum absolute atomic E-state index is 12.2. The Kier molecular flexibility index (Phi) is 4.80. The van der Waals surface area contributed by atoms with Gasteiger partial charge >= 0.3 is 12.1 Å². The summed E-state index contributed by atoms with van der Waals surface area (Å²) in [5.74, 6) is -0.828. The summed E-state index contributed by atoms with van der Waals surface area (Å²) < 4.78 is 10.4. The minimum Gasteiger partial charge on any atom is -0.481 e. The summed E-state index contributed by atoms with van der Waals surface area (Å²) in [6.45, 7) is 0.194. The monoisotopic (exact) mass is 378 g/mol. The smallest absolute Gasteiger partial charge is 0.414 e. The third kappa shape index (κ3) is 3.59. The van der Waals surface area contributed by atoms with E-state index in [1.54, 1.807) is 0 Å². The Hall–Kier alpha value is -3.61. The van der Waals surface area contributed by atoms with E-state index in [0.29, 0.717) is 5.69 Å². The molecule has 2 N–H and O–H groups in total. The van der Waals surface area contributed by atoms with Gasteiger partial charge in [0.1, 0.15) is 6.61 Å². The molecule has 1 amide bonds. The van der Waals surface area contributed by atoms with Gasteiger partial charge in [-0.05, 0) is 22.3 Å². The van der Waals surface area contributed by atoms with Gasteiger partial charge in [0.25, 0.3) is 0 Å². The number of hydrogen-bond acceptors (Lipinski definition) is 5. The number of carbonyl (C=O) groups excluding carboxylic acids is 1. The first-order chi connectivity index (χ1) is 13.6. The fourth-order valence-electron chi connectivity index (χ4n) is 3.46. The lowest BCUT2D eigenvalue weighted by atomic mass is 9.98. The number of amides is 1. The Bertz CT molecular complexity index is 981. The number of carboxylic acid groups (broad SMARTS) is 1. The second-order valence-corrected chi connectivity index (χ2v) is 6.53. The van der Waals surface area contributed by atoms with Gasteiger partial charge in [-0.3, -0.25) is 10.1 Å². The Morgan fingerprint density at radius 1 is 1.07 bits per heavy atom. The third-order valence-electron chi connectivity index (χ3n) is 4.72. The first kappa shape index (κ1) is 17.8. The Morgan fingerprint density at radius 2 is 1.71 bits per heavy atom. The zero-order valence-electron chi connectivity index (χ0n) is 14.9. The maximum Gasteiger partial charge on any atom is 0.414 e. The molecule has 0 fully saturated rings. The van der Waals surface area contributed by atoms with Crippen LogP contribution in [-0.4, -0.2) is 28.9 Å². The van der Waals surface area contributed by atoms with E-state index in [2.05, 4.69) is 22.6 Å². The maximum atomic E-state index is 12.2. The predicted molar refractivity (Wildman–Crippen MR) is 101 cm³/mol. The van der Waals surface area contributed by atoms with E-state index >= 15 is 0 Å². The topological polar surface area (TPSA) is 102 Å². The van der Waals surface area contributed by atoms with Crippen molar-refractivity contribution in [1.82, 2.24) is 5.16 Å². The highest BCUT2D eigenvalue weighted by Crippen LogP contribution is 2.44. The van der Waals surface area contributed by atoms with Gasteiger partial charge in [-0.15, -0.1) is 0 Å². The van der Waals surface area contributed by atoms with Gasteiger partial charge in [-0.25, -0.2) is 4.79 Å². The summed E-state index contributed by atoms with van der Waals surface area (Å²) in [6, 6.07) is 17.7. The molecule has 1 aliphatic rings. The largest absolute Gasteiger partial charge is 0.481 e. The van der Waals surface area contributed by atoms with Crippen LogP contribution in [0.2, 0.25) is 0 Å². The molecule has 0 radical (unpaired) electrons. The first-order valence-corrected chi connectivity index (χ1v) is 8.91. The molecule has 0 atom stereocenters. The Morgan fingerprint density at radius 3 is 2.36 bits per heavy atom. The zero-order chi connectivity index (χ0) is 19.5. The number of fused-ring (bicyclic) bond motifs is 3. The van der Waals surface area contributed by atoms with E-state index in [-0.39, 0.29) is 31.3 Å². The van der Waals surface area contributed by atoms with E-state index in [1.165, 1.54) is 6.07 Å². The van der Waals surface area contributed by atoms with Crippen molar-refractivity contribution in [3.63, 3.8) is 0 Å². The van der Waals surface area contributed by atoms with Crippen LogP contribution in [-0.2, 0) is 16.0 Å². The molecule has 0 spiro atoms. The molecule has 1 aromatic heterocycles. The van der Waals surface area contributed by atoms with E-state index in [1.807, 2.05) is 36.4 Å². The van der Waals surface area contributed by atoms with Crippen LogP contribution >= 0.6 is 0 Å². The van der Waals surface area contributed by atoms with Crippen molar-refractivity contribution in [3.05, 3.63) is 71.4 Å². The van der Waals surface area contributed by atoms with Gasteiger partial charge in [0.2, 0.25) is 5.88 Å². The Balaban J connectivity index is 1.40. The lowest BCUT2D eigenvalue weighted by Crippen LogP contribution is -2.17. The molecule has 7 nitrogen and oxygen atoms in total. The summed E-state index contributed by atoms with van der Waals surface area (Å²) in [4.78, 5) is 22.7. The van der Waals surface area contributed by atoms with Crippen LogP contribution in [0.1, 0.15) is 29.2 Å². The number of anilines is 1. The normalized spacial score (nSPS) is 12.3. The first-order valence-electron chi connectivity index (χ1n) is 8.91. The van der Waals surface area contributed by atoms with Gasteiger partial charge in [-0.2, -0.15) is 0 Å². The zero-order valence-corrected chi connectivity index (χ0v) is 14.9. The molecule has 0 saturated heterocycles. The number of ether oxygens (including phenoxy) is 1. The number of nitrogens with one attached hydrogen (secondary N) is 1. The average Bonchev–Trinajstić information content (AvgIpc) is 3.27. The highest BCUT2D eigenvalue weighted by atomic mass is 16.6. The molecule has 0 aliphatic heterocycles. The van der Waals surface area contributed by atoms with Crippen LogP contribution in [0, 0.1) is 0 Å². The molecular weight excluding hydrogens is 360 g/mol. The van der Waals surface area contributed by atoms with Crippen LogP contribution in [0.4, 0.5) is 10.7 Å². The molecule has 1 aliphatic carbocycles. The van der Waals surface area contributed by atoms with Crippen molar-refractivity contribution in [2.24, 2.45) is 0 Å². The SMILES string of the molecule is O=C(O)CCc1cc(NC(=O)OCC2c3ccccc3-c3ccccc32)on1. The number of benzene rings is 2. The highest BCUT2D eigenvalue weighted by molar-refractivity contribution is 5.83. The molecule has 0 bridgehead atoms. The number of hydrogen-bond donors (Lipinski definition) is 2. The molecule has 0 unspecified atom stereocenters. The lowest BCUT2D eigenvalue weighted by molar-refractivity contribution is -0.136. The fraction of sp³-hybridized carbons (Fsp3) is 0.190. The number of carboxylic acids is 1. The molecule has 28 heavy (non-hydrogen) atoms. The van der Waals surface area contributed by atoms with Crippen molar-refractivity contribution in [1.29, 1.82) is 0 Å². The molecular formula is C21H18N2O5. The van der Waals surface area contributed by atoms with E-state index in [9.17, 15) is 9.59 Å². The van der Waals surface area contributed by atoms with Crippen LogP contribution in [0.25, 0.3) is 11.1 Å².